The van der Waals surface area contributed by atoms with Crippen molar-refractivity contribution < 1.29 is 13.2 Å². The lowest BCUT2D eigenvalue weighted by molar-refractivity contribution is 0.445. The molecule has 0 radical (unpaired) electrons. The van der Waals surface area contributed by atoms with Crippen molar-refractivity contribution in [2.45, 2.75) is 20.8 Å². The Labute approximate surface area is 134 Å². The highest BCUT2D eigenvalue weighted by Gasteiger charge is 2.22. The largest absolute Gasteiger partial charge is 0.246 e. The molecule has 4 nitrogen and oxygen atoms in total. The second kappa shape index (κ2) is 5.42. The van der Waals surface area contributed by atoms with E-state index in [0.29, 0.717) is 11.4 Å². The van der Waals surface area contributed by atoms with Gasteiger partial charge in [-0.1, -0.05) is 0 Å². The molecule has 3 aromatic rings. The molecule has 2 heterocycles. The predicted molar refractivity (Wildman–Crippen MR) is 79.7 cm³/mol. The Hall–Kier alpha value is -2.28. The van der Waals surface area contributed by atoms with Crippen LogP contribution < -0.4 is 0 Å². The van der Waals surface area contributed by atoms with E-state index in [0.717, 1.165) is 6.07 Å². The smallest absolute Gasteiger partial charge is 0.225 e. The van der Waals surface area contributed by atoms with Gasteiger partial charge >= 0.3 is 0 Å². The molecule has 0 N–H and O–H groups in total. The van der Waals surface area contributed by atoms with Crippen LogP contribution in [0.15, 0.2) is 6.07 Å². The van der Waals surface area contributed by atoms with Gasteiger partial charge in [-0.15, -0.1) is 0 Å². The highest BCUT2D eigenvalue weighted by atomic mass is 35.5. The molecule has 1 aromatic carbocycles. The van der Waals surface area contributed by atoms with Gasteiger partial charge in [0.05, 0.1) is 11.4 Å². The molecule has 0 unspecified atom stereocenters. The second-order valence-corrected chi connectivity index (χ2v) is 5.43. The van der Waals surface area contributed by atoms with E-state index >= 15 is 0 Å². The topological polar surface area (TPSA) is 51.6 Å². The number of aryl methyl sites for hydroxylation is 3. The molecule has 0 aliphatic heterocycles. The maximum absolute atomic E-state index is 14.2. The Morgan fingerprint density at radius 3 is 2.17 bits per heavy atom. The first-order valence-electron chi connectivity index (χ1n) is 6.62. The van der Waals surface area contributed by atoms with E-state index in [1.165, 1.54) is 6.92 Å². The standard InChI is InChI=1S/C15H10ClF3N4/c1-5-4-8(10(18)11(19)9(5)17)12-13-14(23-15(16)22-12)21-7(3)6(2)20-13/h4H,1-3H3. The first kappa shape index (κ1) is 15.6. The van der Waals surface area contributed by atoms with Gasteiger partial charge in [0, 0.05) is 5.56 Å². The SMILES string of the molecule is Cc1cc(-c2nc(Cl)nc3nc(C)c(C)nc23)c(F)c(F)c1F. The van der Waals surface area contributed by atoms with Crippen molar-refractivity contribution in [3.8, 4) is 11.3 Å². The van der Waals surface area contributed by atoms with Gasteiger partial charge in [0.15, 0.2) is 23.1 Å². The molecule has 0 amide bonds. The third-order valence-electron chi connectivity index (χ3n) is 3.50. The van der Waals surface area contributed by atoms with Gasteiger partial charge in [0.2, 0.25) is 5.28 Å². The van der Waals surface area contributed by atoms with Crippen LogP contribution >= 0.6 is 11.6 Å². The lowest BCUT2D eigenvalue weighted by Crippen LogP contribution is -2.03. The molecule has 0 saturated carbocycles. The third kappa shape index (κ3) is 2.50. The number of hydrogen-bond donors (Lipinski definition) is 0. The zero-order chi connectivity index (χ0) is 16.9. The Kier molecular flexibility index (Phi) is 3.68. The molecule has 0 spiro atoms. The van der Waals surface area contributed by atoms with E-state index in [-0.39, 0.29) is 33.3 Å². The number of aromatic nitrogens is 4. The van der Waals surface area contributed by atoms with Crippen molar-refractivity contribution in [3.05, 3.63) is 45.8 Å². The van der Waals surface area contributed by atoms with Crippen molar-refractivity contribution >= 4 is 22.8 Å². The van der Waals surface area contributed by atoms with E-state index in [9.17, 15) is 13.2 Å². The number of benzene rings is 1. The summed E-state index contributed by atoms with van der Waals surface area (Å²) in [7, 11) is 0. The lowest BCUT2D eigenvalue weighted by atomic mass is 10.1. The van der Waals surface area contributed by atoms with E-state index in [1.54, 1.807) is 13.8 Å². The van der Waals surface area contributed by atoms with Gasteiger partial charge in [0.1, 0.15) is 11.2 Å². The van der Waals surface area contributed by atoms with Crippen molar-refractivity contribution in [1.29, 1.82) is 0 Å². The Bertz CT molecular complexity index is 960. The Morgan fingerprint density at radius 1 is 0.826 bits per heavy atom. The average molecular weight is 339 g/mol. The maximum atomic E-state index is 14.2. The van der Waals surface area contributed by atoms with Gasteiger partial charge < -0.3 is 0 Å². The normalized spacial score (nSPS) is 11.3. The number of rotatable bonds is 1. The van der Waals surface area contributed by atoms with Crippen LogP contribution in [0.2, 0.25) is 5.28 Å². The van der Waals surface area contributed by atoms with Gasteiger partial charge in [-0.05, 0) is 44.0 Å². The quantitative estimate of drug-likeness (QED) is 0.495. The molecule has 118 valence electrons. The fraction of sp³-hybridized carbons (Fsp3) is 0.200. The first-order valence-corrected chi connectivity index (χ1v) is 7.00. The molecule has 0 aliphatic carbocycles. The summed E-state index contributed by atoms with van der Waals surface area (Å²) >= 11 is 5.85. The molecule has 23 heavy (non-hydrogen) atoms. The molecule has 2 aromatic heterocycles. The molecule has 0 fully saturated rings. The zero-order valence-corrected chi connectivity index (χ0v) is 13.1. The lowest BCUT2D eigenvalue weighted by Gasteiger charge is -2.10. The van der Waals surface area contributed by atoms with Crippen LogP contribution in [0.25, 0.3) is 22.4 Å². The fourth-order valence-corrected chi connectivity index (χ4v) is 2.34. The van der Waals surface area contributed by atoms with Gasteiger partial charge in [0.25, 0.3) is 0 Å². The van der Waals surface area contributed by atoms with Crippen molar-refractivity contribution in [1.82, 2.24) is 19.9 Å². The molecule has 0 bridgehead atoms. The molecule has 0 aliphatic rings. The minimum absolute atomic E-state index is 0.0323. The maximum Gasteiger partial charge on any atom is 0.225 e. The minimum atomic E-state index is -1.57. The molecule has 3 rings (SSSR count). The van der Waals surface area contributed by atoms with Crippen LogP contribution in [0.3, 0.4) is 0 Å². The Morgan fingerprint density at radius 2 is 1.48 bits per heavy atom. The molecule has 0 atom stereocenters. The van der Waals surface area contributed by atoms with Gasteiger partial charge in [-0.3, -0.25) is 0 Å². The van der Waals surface area contributed by atoms with Gasteiger partial charge in [-0.25, -0.2) is 28.1 Å². The number of hydrogen-bond acceptors (Lipinski definition) is 4. The highest BCUT2D eigenvalue weighted by molar-refractivity contribution is 6.28. The summed E-state index contributed by atoms with van der Waals surface area (Å²) in [5, 5.41) is -0.188. The monoisotopic (exact) mass is 338 g/mol. The molecular formula is C15H10ClF3N4. The van der Waals surface area contributed by atoms with E-state index in [4.69, 9.17) is 11.6 Å². The summed E-state index contributed by atoms with van der Waals surface area (Å²) in [6.07, 6.45) is 0. The van der Waals surface area contributed by atoms with Crippen LogP contribution in [0.5, 0.6) is 0 Å². The fourth-order valence-electron chi connectivity index (χ4n) is 2.18. The zero-order valence-electron chi connectivity index (χ0n) is 12.4. The summed E-state index contributed by atoms with van der Waals surface area (Å²) in [4.78, 5) is 16.4. The minimum Gasteiger partial charge on any atom is -0.246 e. The third-order valence-corrected chi connectivity index (χ3v) is 3.67. The van der Waals surface area contributed by atoms with Crippen LogP contribution in [0, 0.1) is 38.2 Å². The summed E-state index contributed by atoms with van der Waals surface area (Å²) < 4.78 is 41.4. The summed E-state index contributed by atoms with van der Waals surface area (Å²) in [6, 6.07) is 1.16. The van der Waals surface area contributed by atoms with Gasteiger partial charge in [-0.2, -0.15) is 4.98 Å². The highest BCUT2D eigenvalue weighted by Crippen LogP contribution is 2.31. The average Bonchev–Trinajstić information content (AvgIpc) is 2.50. The predicted octanol–water partition coefficient (Wildman–Crippen LogP) is 4.08. The molecular weight excluding hydrogens is 329 g/mol. The van der Waals surface area contributed by atoms with Crippen LogP contribution in [0.4, 0.5) is 13.2 Å². The van der Waals surface area contributed by atoms with Crippen molar-refractivity contribution in [2.75, 3.05) is 0 Å². The Balaban J connectivity index is 2.43. The van der Waals surface area contributed by atoms with Crippen LogP contribution in [-0.2, 0) is 0 Å². The van der Waals surface area contributed by atoms with Crippen LogP contribution in [-0.4, -0.2) is 19.9 Å². The molecule has 8 heteroatoms. The summed E-state index contributed by atoms with van der Waals surface area (Å²) in [6.45, 7) is 4.78. The number of fused-ring (bicyclic) bond motifs is 1. The summed E-state index contributed by atoms with van der Waals surface area (Å²) in [5.41, 5.74) is 1.21. The van der Waals surface area contributed by atoms with E-state index in [1.807, 2.05) is 0 Å². The first-order chi connectivity index (χ1) is 10.8. The van der Waals surface area contributed by atoms with Crippen molar-refractivity contribution in [2.24, 2.45) is 0 Å². The summed E-state index contributed by atoms with van der Waals surface area (Å²) in [5.74, 6) is -4.17. The van der Waals surface area contributed by atoms with Crippen LogP contribution in [0.1, 0.15) is 17.0 Å². The second-order valence-electron chi connectivity index (χ2n) is 5.09. The number of halogens is 4. The molecule has 0 saturated heterocycles. The van der Waals surface area contributed by atoms with E-state index in [2.05, 4.69) is 19.9 Å². The van der Waals surface area contributed by atoms with E-state index < -0.39 is 17.5 Å². The van der Waals surface area contributed by atoms with Crippen molar-refractivity contribution in [3.63, 3.8) is 0 Å². The number of nitrogens with zero attached hydrogens (tertiary/aromatic N) is 4.